The highest BCUT2D eigenvalue weighted by atomic mass is 16.6. The first-order chi connectivity index (χ1) is 7.80. The molecule has 0 aromatic rings. The van der Waals surface area contributed by atoms with Gasteiger partial charge in [-0.3, -0.25) is 0 Å². The summed E-state index contributed by atoms with van der Waals surface area (Å²) in [5, 5.41) is 2.74. The van der Waals surface area contributed by atoms with E-state index >= 15 is 0 Å². The van der Waals surface area contributed by atoms with Crippen LogP contribution in [0.1, 0.15) is 34.1 Å². The van der Waals surface area contributed by atoms with Crippen LogP contribution in [0.25, 0.3) is 0 Å². The number of carbonyl (C=O) groups excluding carboxylic acids is 1. The van der Waals surface area contributed by atoms with Crippen LogP contribution >= 0.6 is 0 Å². The molecule has 3 N–H and O–H groups in total. The predicted molar refractivity (Wildman–Crippen MR) is 70.0 cm³/mol. The van der Waals surface area contributed by atoms with Gasteiger partial charge in [-0.25, -0.2) is 4.79 Å². The minimum atomic E-state index is -0.447. The molecule has 0 fully saturated rings. The fourth-order valence-corrected chi connectivity index (χ4v) is 1.43. The summed E-state index contributed by atoms with van der Waals surface area (Å²) in [5.41, 5.74) is 5.24. The Morgan fingerprint density at radius 1 is 1.47 bits per heavy atom. The minimum Gasteiger partial charge on any atom is -0.444 e. The Hall–Kier alpha value is -0.810. The number of carbonyl (C=O) groups is 1. The minimum absolute atomic E-state index is 0.301. The first-order valence-electron chi connectivity index (χ1n) is 6.17. The summed E-state index contributed by atoms with van der Waals surface area (Å²) in [5.74, 6) is 0. The molecule has 1 amide bonds. The molecule has 17 heavy (non-hydrogen) atoms. The van der Waals surface area contributed by atoms with Gasteiger partial charge >= 0.3 is 6.09 Å². The van der Waals surface area contributed by atoms with E-state index in [0.717, 1.165) is 13.0 Å². The number of nitrogens with two attached hydrogens (primary N) is 1. The molecule has 0 aliphatic rings. The molecule has 1 atom stereocenters. The third-order valence-corrected chi connectivity index (χ3v) is 2.54. The molecule has 0 rings (SSSR count). The Labute approximate surface area is 105 Å². The van der Waals surface area contributed by atoms with Crippen LogP contribution in [0.4, 0.5) is 4.79 Å². The molecular formula is C12H27N3O2. The summed E-state index contributed by atoms with van der Waals surface area (Å²) in [6.45, 7) is 9.76. The average molecular weight is 245 g/mol. The normalized spacial score (nSPS) is 13.6. The molecule has 0 saturated heterocycles. The molecule has 0 heterocycles. The SMILES string of the molecule is CCN(C)C(CN)CCNC(=O)OC(C)(C)C. The number of nitrogens with one attached hydrogen (secondary N) is 1. The van der Waals surface area contributed by atoms with Gasteiger partial charge in [0.25, 0.3) is 0 Å². The van der Waals surface area contributed by atoms with Gasteiger partial charge in [-0.15, -0.1) is 0 Å². The maximum atomic E-state index is 11.4. The first kappa shape index (κ1) is 16.2. The number of rotatable bonds is 6. The van der Waals surface area contributed by atoms with Gasteiger partial charge in [0.1, 0.15) is 5.60 Å². The van der Waals surface area contributed by atoms with E-state index in [2.05, 4.69) is 17.1 Å². The van der Waals surface area contributed by atoms with Crippen LogP contribution in [0.5, 0.6) is 0 Å². The largest absolute Gasteiger partial charge is 0.444 e. The van der Waals surface area contributed by atoms with Crippen LogP contribution in [0.15, 0.2) is 0 Å². The lowest BCUT2D eigenvalue weighted by Crippen LogP contribution is -2.41. The first-order valence-corrected chi connectivity index (χ1v) is 6.17. The second-order valence-electron chi connectivity index (χ2n) is 5.18. The Balaban J connectivity index is 3.85. The molecule has 0 aliphatic heterocycles. The Bertz CT molecular complexity index is 226. The van der Waals surface area contributed by atoms with Crippen molar-refractivity contribution in [3.05, 3.63) is 0 Å². The number of amides is 1. The molecule has 0 bridgehead atoms. The Morgan fingerprint density at radius 3 is 2.47 bits per heavy atom. The van der Waals surface area contributed by atoms with E-state index < -0.39 is 5.60 Å². The fraction of sp³-hybridized carbons (Fsp3) is 0.917. The van der Waals surface area contributed by atoms with Gasteiger partial charge in [0.05, 0.1) is 0 Å². The highest BCUT2D eigenvalue weighted by Gasteiger charge is 2.16. The van der Waals surface area contributed by atoms with Crippen LogP contribution in [-0.2, 0) is 4.74 Å². The molecule has 0 radical (unpaired) electrons. The third-order valence-electron chi connectivity index (χ3n) is 2.54. The van der Waals surface area contributed by atoms with Gasteiger partial charge in [0.2, 0.25) is 0 Å². The molecule has 0 aliphatic carbocycles. The van der Waals surface area contributed by atoms with Crippen molar-refractivity contribution in [2.45, 2.75) is 45.8 Å². The molecule has 0 spiro atoms. The predicted octanol–water partition coefficient (Wildman–Crippen LogP) is 1.18. The number of nitrogens with zero attached hydrogens (tertiary/aromatic N) is 1. The Morgan fingerprint density at radius 2 is 2.06 bits per heavy atom. The Kier molecular flexibility index (Phi) is 7.15. The van der Waals surface area contributed by atoms with Crippen molar-refractivity contribution in [3.8, 4) is 0 Å². The van der Waals surface area contributed by atoms with Gasteiger partial charge in [-0.1, -0.05) is 6.92 Å². The molecule has 1 unspecified atom stereocenters. The molecule has 0 saturated carbocycles. The summed E-state index contributed by atoms with van der Waals surface area (Å²) in [4.78, 5) is 13.6. The second-order valence-corrected chi connectivity index (χ2v) is 5.18. The van der Waals surface area contributed by atoms with Crippen molar-refractivity contribution >= 4 is 6.09 Å². The van der Waals surface area contributed by atoms with Crippen molar-refractivity contribution in [3.63, 3.8) is 0 Å². The number of ether oxygens (including phenoxy) is 1. The van der Waals surface area contributed by atoms with E-state index in [1.54, 1.807) is 0 Å². The average Bonchev–Trinajstić information content (AvgIpc) is 2.21. The van der Waals surface area contributed by atoms with E-state index in [0.29, 0.717) is 19.1 Å². The maximum Gasteiger partial charge on any atom is 0.407 e. The van der Waals surface area contributed by atoms with E-state index in [4.69, 9.17) is 10.5 Å². The summed E-state index contributed by atoms with van der Waals surface area (Å²) in [7, 11) is 2.03. The highest BCUT2D eigenvalue weighted by molar-refractivity contribution is 5.67. The monoisotopic (exact) mass is 245 g/mol. The van der Waals surface area contributed by atoms with Crippen molar-refractivity contribution in [1.82, 2.24) is 10.2 Å². The lowest BCUT2D eigenvalue weighted by Gasteiger charge is -2.26. The van der Waals surface area contributed by atoms with E-state index in [1.807, 2.05) is 27.8 Å². The standard InChI is InChI=1S/C12H27N3O2/c1-6-15(5)10(9-13)7-8-14-11(16)17-12(2,3)4/h10H,6-9,13H2,1-5H3,(H,14,16). The quantitative estimate of drug-likeness (QED) is 0.737. The van der Waals surface area contributed by atoms with Crippen molar-refractivity contribution in [1.29, 1.82) is 0 Å². The van der Waals surface area contributed by atoms with Crippen molar-refractivity contribution in [2.75, 3.05) is 26.7 Å². The molecule has 5 nitrogen and oxygen atoms in total. The van der Waals surface area contributed by atoms with Gasteiger partial charge in [0.15, 0.2) is 0 Å². The molecule has 102 valence electrons. The third kappa shape index (κ3) is 7.99. The summed E-state index contributed by atoms with van der Waals surface area (Å²) in [6, 6.07) is 0.301. The zero-order chi connectivity index (χ0) is 13.5. The summed E-state index contributed by atoms with van der Waals surface area (Å²) < 4.78 is 5.15. The highest BCUT2D eigenvalue weighted by Crippen LogP contribution is 2.06. The summed E-state index contributed by atoms with van der Waals surface area (Å²) >= 11 is 0. The van der Waals surface area contributed by atoms with Gasteiger partial charge in [0, 0.05) is 19.1 Å². The number of hydrogen-bond acceptors (Lipinski definition) is 4. The van der Waals surface area contributed by atoms with E-state index in [1.165, 1.54) is 0 Å². The lowest BCUT2D eigenvalue weighted by atomic mass is 10.2. The molecule has 0 aromatic carbocycles. The van der Waals surface area contributed by atoms with Crippen LogP contribution in [0, 0.1) is 0 Å². The number of likely N-dealkylation sites (N-methyl/N-ethyl adjacent to an activating group) is 1. The summed E-state index contributed by atoms with van der Waals surface area (Å²) in [6.07, 6.45) is 0.465. The topological polar surface area (TPSA) is 67.6 Å². The van der Waals surface area contributed by atoms with Crippen molar-refractivity contribution in [2.24, 2.45) is 5.73 Å². The zero-order valence-electron chi connectivity index (χ0n) is 11.7. The maximum absolute atomic E-state index is 11.4. The molecular weight excluding hydrogens is 218 g/mol. The van der Waals surface area contributed by atoms with Gasteiger partial charge in [-0.2, -0.15) is 0 Å². The van der Waals surface area contributed by atoms with Crippen LogP contribution in [-0.4, -0.2) is 49.3 Å². The number of hydrogen-bond donors (Lipinski definition) is 2. The van der Waals surface area contributed by atoms with E-state index in [-0.39, 0.29) is 6.09 Å². The lowest BCUT2D eigenvalue weighted by molar-refractivity contribution is 0.0523. The molecule has 5 heteroatoms. The zero-order valence-corrected chi connectivity index (χ0v) is 11.7. The van der Waals surface area contributed by atoms with Crippen molar-refractivity contribution < 1.29 is 9.53 Å². The van der Waals surface area contributed by atoms with Crippen LogP contribution in [0.3, 0.4) is 0 Å². The second kappa shape index (κ2) is 7.50. The van der Waals surface area contributed by atoms with Crippen LogP contribution < -0.4 is 11.1 Å². The van der Waals surface area contributed by atoms with Gasteiger partial charge < -0.3 is 20.7 Å². The van der Waals surface area contributed by atoms with Crippen LogP contribution in [0.2, 0.25) is 0 Å². The number of alkyl carbamates (subject to hydrolysis) is 1. The fourth-order valence-electron chi connectivity index (χ4n) is 1.43. The van der Waals surface area contributed by atoms with Gasteiger partial charge in [-0.05, 0) is 40.8 Å². The van der Waals surface area contributed by atoms with E-state index in [9.17, 15) is 4.79 Å². The smallest absolute Gasteiger partial charge is 0.407 e. The molecule has 0 aromatic heterocycles.